The minimum Gasteiger partial charge on any atom is -0.493 e. The molecule has 1 aliphatic rings. The van der Waals surface area contributed by atoms with Gasteiger partial charge in [-0.3, -0.25) is 4.79 Å². The molecule has 1 fully saturated rings. The smallest absolute Gasteiger partial charge is 0.254 e. The van der Waals surface area contributed by atoms with Gasteiger partial charge in [-0.1, -0.05) is 0 Å². The minimum absolute atomic E-state index is 0.0881. The van der Waals surface area contributed by atoms with Gasteiger partial charge >= 0.3 is 0 Å². The molecule has 1 unspecified atom stereocenters. The number of carbonyl (C=O) groups excluding carboxylic acids is 1. The third-order valence-electron chi connectivity index (χ3n) is 4.66. The highest BCUT2D eigenvalue weighted by Crippen LogP contribution is 2.36. The molecule has 5 nitrogen and oxygen atoms in total. The van der Waals surface area contributed by atoms with Crippen LogP contribution in [0.2, 0.25) is 0 Å². The molecule has 1 N–H and O–H groups in total. The Morgan fingerprint density at radius 1 is 1.25 bits per heavy atom. The van der Waals surface area contributed by atoms with Gasteiger partial charge in [-0.15, -0.1) is 0 Å². The fraction of sp³-hybridized carbons (Fsp3) is 0.632. The lowest BCUT2D eigenvalue weighted by molar-refractivity contribution is 0.0765. The Balaban J connectivity index is 2.43. The van der Waals surface area contributed by atoms with Crippen LogP contribution in [0.3, 0.4) is 0 Å². The van der Waals surface area contributed by atoms with E-state index in [2.05, 4.69) is 0 Å². The van der Waals surface area contributed by atoms with Crippen LogP contribution in [0.4, 0.5) is 0 Å². The summed E-state index contributed by atoms with van der Waals surface area (Å²) in [5.41, 5.74) is 1.06. The normalized spacial score (nSPS) is 16.0. The standard InChI is InChI=1S/C19H29NO4/c1-5-20(6-2)19(22)16-12-18(24-14-9-7-8-10-14)17(23-4)11-15(16)13(3)21/h11-14,21H,5-10H2,1-4H3. The van der Waals surface area contributed by atoms with Crippen molar-refractivity contribution in [2.75, 3.05) is 20.2 Å². The number of benzene rings is 1. The molecule has 0 radical (unpaired) electrons. The molecule has 1 aromatic rings. The molecular formula is C19H29NO4. The number of amides is 1. The lowest BCUT2D eigenvalue weighted by Crippen LogP contribution is -2.31. The number of carbonyl (C=O) groups is 1. The van der Waals surface area contributed by atoms with Gasteiger partial charge in [0, 0.05) is 18.7 Å². The molecule has 1 saturated carbocycles. The molecule has 0 spiro atoms. The van der Waals surface area contributed by atoms with Crippen molar-refractivity contribution in [2.45, 2.75) is 58.7 Å². The fourth-order valence-corrected chi connectivity index (χ4v) is 3.23. The molecule has 2 rings (SSSR count). The average molecular weight is 335 g/mol. The highest BCUT2D eigenvalue weighted by Gasteiger charge is 2.25. The number of nitrogens with zero attached hydrogens (tertiary/aromatic N) is 1. The highest BCUT2D eigenvalue weighted by molar-refractivity contribution is 5.96. The van der Waals surface area contributed by atoms with Crippen molar-refractivity contribution in [1.29, 1.82) is 0 Å². The van der Waals surface area contributed by atoms with Gasteiger partial charge in [-0.2, -0.15) is 0 Å². The van der Waals surface area contributed by atoms with Gasteiger partial charge in [0.05, 0.1) is 19.3 Å². The van der Waals surface area contributed by atoms with Crippen LogP contribution in [-0.4, -0.2) is 42.2 Å². The van der Waals surface area contributed by atoms with E-state index in [0.717, 1.165) is 12.8 Å². The maximum absolute atomic E-state index is 12.8. The van der Waals surface area contributed by atoms with Crippen LogP contribution in [0, 0.1) is 0 Å². The summed E-state index contributed by atoms with van der Waals surface area (Å²) in [6, 6.07) is 3.46. The van der Waals surface area contributed by atoms with E-state index in [1.54, 1.807) is 31.1 Å². The van der Waals surface area contributed by atoms with Crippen LogP contribution in [0.5, 0.6) is 11.5 Å². The lowest BCUT2D eigenvalue weighted by Gasteiger charge is -2.24. The molecule has 1 atom stereocenters. The van der Waals surface area contributed by atoms with Gasteiger partial charge in [0.25, 0.3) is 5.91 Å². The Bertz CT molecular complexity index is 561. The van der Waals surface area contributed by atoms with Gasteiger partial charge in [0.2, 0.25) is 0 Å². The first-order valence-corrected chi connectivity index (χ1v) is 8.87. The van der Waals surface area contributed by atoms with Gasteiger partial charge in [0.1, 0.15) is 0 Å². The summed E-state index contributed by atoms with van der Waals surface area (Å²) < 4.78 is 11.5. The second-order valence-corrected chi connectivity index (χ2v) is 6.27. The van der Waals surface area contributed by atoms with Crippen LogP contribution >= 0.6 is 0 Å². The quantitative estimate of drug-likeness (QED) is 0.828. The molecule has 24 heavy (non-hydrogen) atoms. The number of rotatable bonds is 7. The topological polar surface area (TPSA) is 59.0 Å². The van der Waals surface area contributed by atoms with E-state index < -0.39 is 6.10 Å². The van der Waals surface area contributed by atoms with E-state index >= 15 is 0 Å². The molecule has 0 saturated heterocycles. The van der Waals surface area contributed by atoms with Gasteiger partial charge < -0.3 is 19.5 Å². The molecule has 5 heteroatoms. The first-order valence-electron chi connectivity index (χ1n) is 8.87. The zero-order valence-electron chi connectivity index (χ0n) is 15.2. The summed E-state index contributed by atoms with van der Waals surface area (Å²) >= 11 is 0. The highest BCUT2D eigenvalue weighted by atomic mass is 16.5. The van der Waals surface area contributed by atoms with Gasteiger partial charge in [-0.25, -0.2) is 0 Å². The number of ether oxygens (including phenoxy) is 2. The van der Waals surface area contributed by atoms with E-state index in [-0.39, 0.29) is 12.0 Å². The maximum Gasteiger partial charge on any atom is 0.254 e. The monoisotopic (exact) mass is 335 g/mol. The van der Waals surface area contributed by atoms with Crippen LogP contribution < -0.4 is 9.47 Å². The molecule has 0 aromatic heterocycles. The van der Waals surface area contributed by atoms with Crippen LogP contribution in [0.25, 0.3) is 0 Å². The Kier molecular flexibility index (Phi) is 6.49. The summed E-state index contributed by atoms with van der Waals surface area (Å²) in [6.45, 7) is 6.80. The minimum atomic E-state index is -0.756. The van der Waals surface area contributed by atoms with Crippen molar-refractivity contribution < 1.29 is 19.4 Å². The number of hydrogen-bond donors (Lipinski definition) is 1. The zero-order chi connectivity index (χ0) is 17.7. The van der Waals surface area contributed by atoms with Crippen molar-refractivity contribution in [3.05, 3.63) is 23.3 Å². The largest absolute Gasteiger partial charge is 0.493 e. The SMILES string of the molecule is CCN(CC)C(=O)c1cc(OC2CCCC2)c(OC)cc1C(C)O. The molecular weight excluding hydrogens is 306 g/mol. The molecule has 1 aliphatic carbocycles. The number of hydrogen-bond acceptors (Lipinski definition) is 4. The van der Waals surface area contributed by atoms with Crippen molar-refractivity contribution in [2.24, 2.45) is 0 Å². The number of aliphatic hydroxyl groups is 1. The van der Waals surface area contributed by atoms with Crippen LogP contribution in [-0.2, 0) is 0 Å². The third-order valence-corrected chi connectivity index (χ3v) is 4.66. The molecule has 134 valence electrons. The predicted molar refractivity (Wildman–Crippen MR) is 93.8 cm³/mol. The maximum atomic E-state index is 12.8. The van der Waals surface area contributed by atoms with E-state index in [9.17, 15) is 9.90 Å². The third kappa shape index (κ3) is 4.01. The van der Waals surface area contributed by atoms with Crippen molar-refractivity contribution in [3.63, 3.8) is 0 Å². The molecule has 0 aliphatic heterocycles. The Morgan fingerprint density at radius 3 is 2.38 bits per heavy atom. The summed E-state index contributed by atoms with van der Waals surface area (Å²) in [7, 11) is 1.58. The summed E-state index contributed by atoms with van der Waals surface area (Å²) in [5, 5.41) is 10.1. The number of aliphatic hydroxyl groups excluding tert-OH is 1. The van der Waals surface area contributed by atoms with Gasteiger partial charge in [-0.05, 0) is 64.2 Å². The predicted octanol–water partition coefficient (Wildman–Crippen LogP) is 3.55. The zero-order valence-corrected chi connectivity index (χ0v) is 15.2. The summed E-state index contributed by atoms with van der Waals surface area (Å²) in [4.78, 5) is 14.6. The number of methoxy groups -OCH3 is 1. The van der Waals surface area contributed by atoms with Crippen molar-refractivity contribution >= 4 is 5.91 Å². The van der Waals surface area contributed by atoms with Crippen molar-refractivity contribution in [1.82, 2.24) is 4.90 Å². The van der Waals surface area contributed by atoms with Crippen LogP contribution in [0.1, 0.15) is 68.5 Å². The molecule has 0 heterocycles. The first-order chi connectivity index (χ1) is 11.5. The van der Waals surface area contributed by atoms with Crippen LogP contribution in [0.15, 0.2) is 12.1 Å². The lowest BCUT2D eigenvalue weighted by atomic mass is 10.0. The Hall–Kier alpha value is -1.75. The summed E-state index contributed by atoms with van der Waals surface area (Å²) in [6.07, 6.45) is 3.82. The second-order valence-electron chi connectivity index (χ2n) is 6.27. The van der Waals surface area contributed by atoms with E-state index in [0.29, 0.717) is 35.7 Å². The second kappa shape index (κ2) is 8.38. The molecule has 0 bridgehead atoms. The summed E-state index contributed by atoms with van der Waals surface area (Å²) in [5.74, 6) is 1.06. The fourth-order valence-electron chi connectivity index (χ4n) is 3.23. The Morgan fingerprint density at radius 2 is 1.88 bits per heavy atom. The Labute approximate surface area is 144 Å². The van der Waals surface area contributed by atoms with E-state index in [4.69, 9.17) is 9.47 Å². The average Bonchev–Trinajstić information content (AvgIpc) is 3.08. The van der Waals surface area contributed by atoms with Gasteiger partial charge in [0.15, 0.2) is 11.5 Å². The first kappa shape index (κ1) is 18.6. The van der Waals surface area contributed by atoms with E-state index in [1.165, 1.54) is 12.8 Å². The van der Waals surface area contributed by atoms with E-state index in [1.807, 2.05) is 13.8 Å². The van der Waals surface area contributed by atoms with Crippen molar-refractivity contribution in [3.8, 4) is 11.5 Å². The molecule has 1 amide bonds. The molecule has 1 aromatic carbocycles.